The van der Waals surface area contributed by atoms with E-state index in [2.05, 4.69) is 6.58 Å². The number of carbonyl (C=O) groups excluding carboxylic acids is 1. The van der Waals surface area contributed by atoms with Gasteiger partial charge in [-0.1, -0.05) is 6.08 Å². The summed E-state index contributed by atoms with van der Waals surface area (Å²) in [6.45, 7) is 6.56. The normalized spacial score (nSPS) is 22.9. The molecule has 0 saturated carbocycles. The van der Waals surface area contributed by atoms with Crippen LogP contribution in [0.2, 0.25) is 0 Å². The van der Waals surface area contributed by atoms with Gasteiger partial charge in [0.05, 0.1) is 0 Å². The monoisotopic (exact) mass is 224 g/mol. The molecule has 1 heterocycles. The fourth-order valence-corrected chi connectivity index (χ4v) is 2.35. The van der Waals surface area contributed by atoms with Crippen molar-refractivity contribution < 1.29 is 4.79 Å². The zero-order chi connectivity index (χ0) is 12.0. The summed E-state index contributed by atoms with van der Waals surface area (Å²) in [5, 5.41) is 0. The lowest BCUT2D eigenvalue weighted by Crippen LogP contribution is -2.51. The molecular weight excluding hydrogens is 200 g/mol. The summed E-state index contributed by atoms with van der Waals surface area (Å²) in [6.07, 6.45) is 7.71. The Bertz CT molecular complexity index is 238. The SMILES string of the molecule is C=CCCCC(=O)N1CCCCC1C(C)N. The van der Waals surface area contributed by atoms with Crippen molar-refractivity contribution in [2.75, 3.05) is 6.54 Å². The Morgan fingerprint density at radius 2 is 2.38 bits per heavy atom. The first-order valence-electron chi connectivity index (χ1n) is 6.32. The Morgan fingerprint density at radius 3 is 3.00 bits per heavy atom. The largest absolute Gasteiger partial charge is 0.338 e. The molecule has 0 aromatic heterocycles. The molecular formula is C13H24N2O. The lowest BCUT2D eigenvalue weighted by molar-refractivity contribution is -0.135. The minimum Gasteiger partial charge on any atom is -0.338 e. The zero-order valence-corrected chi connectivity index (χ0v) is 10.3. The maximum Gasteiger partial charge on any atom is 0.222 e. The second-order valence-electron chi connectivity index (χ2n) is 4.69. The summed E-state index contributed by atoms with van der Waals surface area (Å²) in [7, 11) is 0. The summed E-state index contributed by atoms with van der Waals surface area (Å²) in [4.78, 5) is 14.0. The van der Waals surface area contributed by atoms with E-state index in [9.17, 15) is 4.79 Å². The molecule has 0 aromatic carbocycles. The van der Waals surface area contributed by atoms with Gasteiger partial charge in [0.1, 0.15) is 0 Å². The minimum absolute atomic E-state index is 0.0867. The number of hydrogen-bond acceptors (Lipinski definition) is 2. The van der Waals surface area contributed by atoms with E-state index in [0.29, 0.717) is 6.42 Å². The highest BCUT2D eigenvalue weighted by atomic mass is 16.2. The molecule has 0 aliphatic carbocycles. The molecule has 3 nitrogen and oxygen atoms in total. The highest BCUT2D eigenvalue weighted by Crippen LogP contribution is 2.20. The predicted molar refractivity (Wildman–Crippen MR) is 67.0 cm³/mol. The van der Waals surface area contributed by atoms with Crippen LogP contribution >= 0.6 is 0 Å². The van der Waals surface area contributed by atoms with Crippen LogP contribution in [0.25, 0.3) is 0 Å². The average Bonchev–Trinajstić information content (AvgIpc) is 2.29. The van der Waals surface area contributed by atoms with Gasteiger partial charge in [0.25, 0.3) is 0 Å². The number of unbranched alkanes of at least 4 members (excludes halogenated alkanes) is 1. The molecule has 92 valence electrons. The van der Waals surface area contributed by atoms with Crippen LogP contribution in [0.5, 0.6) is 0 Å². The summed E-state index contributed by atoms with van der Waals surface area (Å²) >= 11 is 0. The van der Waals surface area contributed by atoms with E-state index in [1.165, 1.54) is 6.42 Å². The maximum atomic E-state index is 12.0. The lowest BCUT2D eigenvalue weighted by Gasteiger charge is -2.38. The topological polar surface area (TPSA) is 46.3 Å². The van der Waals surface area contributed by atoms with Gasteiger partial charge in [0.2, 0.25) is 5.91 Å². The first-order valence-corrected chi connectivity index (χ1v) is 6.32. The number of allylic oxidation sites excluding steroid dienone is 1. The van der Waals surface area contributed by atoms with Gasteiger partial charge >= 0.3 is 0 Å². The van der Waals surface area contributed by atoms with Crippen molar-refractivity contribution in [2.45, 2.75) is 57.5 Å². The molecule has 2 unspecified atom stereocenters. The van der Waals surface area contributed by atoms with Gasteiger partial charge in [-0.25, -0.2) is 0 Å². The van der Waals surface area contributed by atoms with E-state index in [4.69, 9.17) is 5.73 Å². The minimum atomic E-state index is 0.0867. The van der Waals surface area contributed by atoms with E-state index in [1.54, 1.807) is 0 Å². The Labute approximate surface area is 98.7 Å². The fraction of sp³-hybridized carbons (Fsp3) is 0.769. The van der Waals surface area contributed by atoms with Crippen molar-refractivity contribution in [3.63, 3.8) is 0 Å². The molecule has 0 spiro atoms. The quantitative estimate of drug-likeness (QED) is 0.574. The smallest absolute Gasteiger partial charge is 0.222 e. The number of hydrogen-bond donors (Lipinski definition) is 1. The lowest BCUT2D eigenvalue weighted by atomic mass is 9.96. The van der Waals surface area contributed by atoms with Gasteiger partial charge in [0, 0.05) is 25.0 Å². The van der Waals surface area contributed by atoms with Gasteiger partial charge in [-0.05, 0) is 39.0 Å². The molecule has 1 saturated heterocycles. The summed E-state index contributed by atoms with van der Waals surface area (Å²) in [5.74, 6) is 0.267. The van der Waals surface area contributed by atoms with Crippen LogP contribution in [0.4, 0.5) is 0 Å². The third-order valence-corrected chi connectivity index (χ3v) is 3.28. The Kier molecular flexibility index (Phi) is 5.53. The van der Waals surface area contributed by atoms with Crippen LogP contribution in [0, 0.1) is 0 Å². The molecule has 1 aliphatic rings. The standard InChI is InChI=1S/C13H24N2O/c1-3-4-5-9-13(16)15-10-7-6-8-12(15)11(2)14/h3,11-12H,1,4-10,14H2,2H3. The van der Waals surface area contributed by atoms with E-state index >= 15 is 0 Å². The second kappa shape index (κ2) is 6.69. The molecule has 1 fully saturated rings. The molecule has 0 aromatic rings. The zero-order valence-electron chi connectivity index (χ0n) is 10.3. The Morgan fingerprint density at radius 1 is 1.62 bits per heavy atom. The summed E-state index contributed by atoms with van der Waals surface area (Å²) in [6, 6.07) is 0.341. The number of likely N-dealkylation sites (tertiary alicyclic amines) is 1. The number of piperidine rings is 1. The first kappa shape index (κ1) is 13.2. The van der Waals surface area contributed by atoms with Crippen LogP contribution in [0.15, 0.2) is 12.7 Å². The summed E-state index contributed by atoms with van der Waals surface area (Å²) in [5.41, 5.74) is 5.94. The van der Waals surface area contributed by atoms with Crippen LogP contribution in [0.1, 0.15) is 45.4 Å². The van der Waals surface area contributed by atoms with Crippen LogP contribution in [0.3, 0.4) is 0 Å². The molecule has 0 radical (unpaired) electrons. The fourth-order valence-electron chi connectivity index (χ4n) is 2.35. The molecule has 0 bridgehead atoms. The van der Waals surface area contributed by atoms with Gasteiger partial charge in [0.15, 0.2) is 0 Å². The maximum absolute atomic E-state index is 12.0. The third kappa shape index (κ3) is 3.63. The average molecular weight is 224 g/mol. The molecule has 2 atom stereocenters. The number of amides is 1. The van der Waals surface area contributed by atoms with Gasteiger partial charge in [-0.3, -0.25) is 4.79 Å². The molecule has 3 heteroatoms. The highest BCUT2D eigenvalue weighted by Gasteiger charge is 2.28. The first-order chi connectivity index (χ1) is 7.66. The van der Waals surface area contributed by atoms with Crippen molar-refractivity contribution >= 4 is 5.91 Å². The van der Waals surface area contributed by atoms with Gasteiger partial charge in [-0.2, -0.15) is 0 Å². The van der Waals surface area contributed by atoms with E-state index in [1.807, 2.05) is 17.9 Å². The van der Waals surface area contributed by atoms with Gasteiger partial charge in [-0.15, -0.1) is 6.58 Å². The van der Waals surface area contributed by atoms with Crippen molar-refractivity contribution in [1.29, 1.82) is 0 Å². The second-order valence-corrected chi connectivity index (χ2v) is 4.69. The van der Waals surface area contributed by atoms with E-state index < -0.39 is 0 Å². The van der Waals surface area contributed by atoms with Crippen molar-refractivity contribution in [3.05, 3.63) is 12.7 Å². The van der Waals surface area contributed by atoms with Crippen LogP contribution < -0.4 is 5.73 Å². The predicted octanol–water partition coefficient (Wildman–Crippen LogP) is 2.07. The highest BCUT2D eigenvalue weighted by molar-refractivity contribution is 5.76. The van der Waals surface area contributed by atoms with Crippen molar-refractivity contribution in [2.24, 2.45) is 5.73 Å². The van der Waals surface area contributed by atoms with Gasteiger partial charge < -0.3 is 10.6 Å². The molecule has 1 aliphatic heterocycles. The van der Waals surface area contributed by atoms with E-state index in [0.717, 1.165) is 32.2 Å². The molecule has 1 amide bonds. The van der Waals surface area contributed by atoms with Crippen molar-refractivity contribution in [3.8, 4) is 0 Å². The number of carbonyl (C=O) groups is 1. The molecule has 1 rings (SSSR count). The van der Waals surface area contributed by atoms with Crippen LogP contribution in [-0.2, 0) is 4.79 Å². The molecule has 16 heavy (non-hydrogen) atoms. The van der Waals surface area contributed by atoms with Crippen molar-refractivity contribution in [1.82, 2.24) is 4.90 Å². The Hall–Kier alpha value is -0.830. The van der Waals surface area contributed by atoms with Crippen LogP contribution in [-0.4, -0.2) is 29.4 Å². The summed E-state index contributed by atoms with van der Waals surface area (Å²) < 4.78 is 0. The third-order valence-electron chi connectivity index (χ3n) is 3.28. The van der Waals surface area contributed by atoms with E-state index in [-0.39, 0.29) is 18.0 Å². The number of nitrogens with two attached hydrogens (primary N) is 1. The number of rotatable bonds is 5. The molecule has 2 N–H and O–H groups in total. The number of nitrogens with zero attached hydrogens (tertiary/aromatic N) is 1. The Balaban J connectivity index is 2.47.